The van der Waals surface area contributed by atoms with Gasteiger partial charge in [0.15, 0.2) is 0 Å². The zero-order chi connectivity index (χ0) is 13.8. The van der Waals surface area contributed by atoms with E-state index in [1.54, 1.807) is 0 Å². The van der Waals surface area contributed by atoms with E-state index in [1.165, 1.54) is 5.57 Å². The second-order valence-corrected chi connectivity index (χ2v) is 5.25. The Balaban J connectivity index is 2.06. The van der Waals surface area contributed by atoms with Crippen molar-refractivity contribution in [3.05, 3.63) is 46.0 Å². The molecule has 2 rings (SSSR count). The molecule has 0 spiro atoms. The van der Waals surface area contributed by atoms with Gasteiger partial charge < -0.3 is 10.6 Å². The predicted molar refractivity (Wildman–Crippen MR) is 78.2 cm³/mol. The second-order valence-electron chi connectivity index (χ2n) is 4.82. The van der Waals surface area contributed by atoms with Crippen LogP contribution < -0.4 is 10.6 Å². The lowest BCUT2D eigenvalue weighted by atomic mass is 10.0. The van der Waals surface area contributed by atoms with Gasteiger partial charge in [0.25, 0.3) is 0 Å². The van der Waals surface area contributed by atoms with Crippen LogP contribution in [0.2, 0.25) is 5.02 Å². The molecule has 1 aliphatic rings. The molecule has 1 amide bonds. The SMILES string of the molecule is CCC(NC(=O)C(C)=C1CNC1)c1ccc(Cl)cc1. The van der Waals surface area contributed by atoms with Crippen LogP contribution in [0, 0.1) is 0 Å². The third kappa shape index (κ3) is 3.37. The van der Waals surface area contributed by atoms with E-state index in [4.69, 9.17) is 11.6 Å². The predicted octanol–water partition coefficient (Wildman–Crippen LogP) is 2.83. The zero-order valence-electron chi connectivity index (χ0n) is 11.3. The minimum Gasteiger partial charge on any atom is -0.346 e. The summed E-state index contributed by atoms with van der Waals surface area (Å²) in [4.78, 5) is 12.2. The lowest BCUT2D eigenvalue weighted by Crippen LogP contribution is -2.38. The summed E-state index contributed by atoms with van der Waals surface area (Å²) in [6.45, 7) is 5.61. The van der Waals surface area contributed by atoms with Crippen LogP contribution in [-0.4, -0.2) is 19.0 Å². The summed E-state index contributed by atoms with van der Waals surface area (Å²) in [6, 6.07) is 7.67. The molecule has 19 heavy (non-hydrogen) atoms. The summed E-state index contributed by atoms with van der Waals surface area (Å²) in [7, 11) is 0. The second kappa shape index (κ2) is 6.22. The van der Waals surface area contributed by atoms with E-state index in [-0.39, 0.29) is 11.9 Å². The van der Waals surface area contributed by atoms with E-state index in [2.05, 4.69) is 17.6 Å². The number of carbonyl (C=O) groups excluding carboxylic acids is 1. The van der Waals surface area contributed by atoms with Gasteiger partial charge in [0.05, 0.1) is 6.04 Å². The molecule has 0 radical (unpaired) electrons. The van der Waals surface area contributed by atoms with E-state index >= 15 is 0 Å². The van der Waals surface area contributed by atoms with Gasteiger partial charge >= 0.3 is 0 Å². The summed E-state index contributed by atoms with van der Waals surface area (Å²) >= 11 is 5.88. The molecular weight excluding hydrogens is 260 g/mol. The topological polar surface area (TPSA) is 41.1 Å². The van der Waals surface area contributed by atoms with Crippen molar-refractivity contribution in [1.82, 2.24) is 10.6 Å². The van der Waals surface area contributed by atoms with Crippen molar-refractivity contribution in [3.8, 4) is 0 Å². The maximum atomic E-state index is 12.2. The molecular formula is C15H19ClN2O. The summed E-state index contributed by atoms with van der Waals surface area (Å²) < 4.78 is 0. The Morgan fingerprint density at radius 1 is 1.37 bits per heavy atom. The molecule has 1 aromatic rings. The largest absolute Gasteiger partial charge is 0.346 e. The van der Waals surface area contributed by atoms with Gasteiger partial charge in [0.1, 0.15) is 0 Å². The van der Waals surface area contributed by atoms with Gasteiger partial charge in [0.2, 0.25) is 5.91 Å². The third-order valence-electron chi connectivity index (χ3n) is 3.53. The van der Waals surface area contributed by atoms with Crippen molar-refractivity contribution < 1.29 is 4.79 Å². The monoisotopic (exact) mass is 278 g/mol. The molecule has 0 bridgehead atoms. The van der Waals surface area contributed by atoms with Gasteiger partial charge in [-0.05, 0) is 36.6 Å². The minimum absolute atomic E-state index is 0.0262. The quantitative estimate of drug-likeness (QED) is 0.832. The van der Waals surface area contributed by atoms with Crippen molar-refractivity contribution >= 4 is 17.5 Å². The number of nitrogens with one attached hydrogen (secondary N) is 2. The first-order chi connectivity index (χ1) is 9.11. The first kappa shape index (κ1) is 14.1. The molecule has 102 valence electrons. The van der Waals surface area contributed by atoms with Gasteiger partial charge in [-0.15, -0.1) is 0 Å². The highest BCUT2D eigenvalue weighted by Crippen LogP contribution is 2.20. The number of carbonyl (C=O) groups is 1. The van der Waals surface area contributed by atoms with Crippen LogP contribution in [0.1, 0.15) is 31.9 Å². The smallest absolute Gasteiger partial charge is 0.247 e. The Bertz CT molecular complexity index is 487. The third-order valence-corrected chi connectivity index (χ3v) is 3.79. The van der Waals surface area contributed by atoms with Crippen molar-refractivity contribution in [1.29, 1.82) is 0 Å². The van der Waals surface area contributed by atoms with Crippen molar-refractivity contribution in [2.75, 3.05) is 13.1 Å². The highest BCUT2D eigenvalue weighted by atomic mass is 35.5. The molecule has 1 heterocycles. The minimum atomic E-state index is 0.0262. The fourth-order valence-corrected chi connectivity index (χ4v) is 2.18. The number of hydrogen-bond donors (Lipinski definition) is 2. The normalized spacial score (nSPS) is 15.6. The molecule has 4 heteroatoms. The van der Waals surface area contributed by atoms with Gasteiger partial charge in [-0.3, -0.25) is 4.79 Å². The zero-order valence-corrected chi connectivity index (χ0v) is 12.1. The van der Waals surface area contributed by atoms with E-state index < -0.39 is 0 Å². The number of hydrogen-bond acceptors (Lipinski definition) is 2. The van der Waals surface area contributed by atoms with E-state index in [0.29, 0.717) is 5.02 Å². The van der Waals surface area contributed by atoms with Gasteiger partial charge in [-0.1, -0.05) is 30.7 Å². The highest BCUT2D eigenvalue weighted by molar-refractivity contribution is 6.30. The van der Waals surface area contributed by atoms with Crippen LogP contribution in [0.3, 0.4) is 0 Å². The molecule has 2 N–H and O–H groups in total. The highest BCUT2D eigenvalue weighted by Gasteiger charge is 2.18. The van der Waals surface area contributed by atoms with E-state index in [1.807, 2.05) is 31.2 Å². The number of rotatable bonds is 4. The average molecular weight is 279 g/mol. The maximum Gasteiger partial charge on any atom is 0.247 e. The van der Waals surface area contributed by atoms with Crippen LogP contribution in [0.15, 0.2) is 35.4 Å². The molecule has 1 saturated heterocycles. The molecule has 1 aromatic carbocycles. The Kier molecular flexibility index (Phi) is 4.61. The average Bonchev–Trinajstić information content (AvgIpc) is 2.34. The Morgan fingerprint density at radius 2 is 2.00 bits per heavy atom. The summed E-state index contributed by atoms with van der Waals surface area (Å²) in [5.41, 5.74) is 3.12. The number of benzene rings is 1. The summed E-state index contributed by atoms with van der Waals surface area (Å²) in [5, 5.41) is 6.95. The molecule has 1 unspecified atom stereocenters. The van der Waals surface area contributed by atoms with Crippen LogP contribution in [0.5, 0.6) is 0 Å². The molecule has 1 atom stereocenters. The lowest BCUT2D eigenvalue weighted by Gasteiger charge is -2.23. The standard InChI is InChI=1S/C15H19ClN2O/c1-3-14(11-4-6-13(16)7-5-11)18-15(19)10(2)12-8-17-9-12/h4-7,14,17H,3,8-9H2,1-2H3,(H,18,19). The van der Waals surface area contributed by atoms with E-state index in [9.17, 15) is 4.79 Å². The fourth-order valence-electron chi connectivity index (χ4n) is 2.06. The van der Waals surface area contributed by atoms with Crippen molar-refractivity contribution in [2.45, 2.75) is 26.3 Å². The van der Waals surface area contributed by atoms with Crippen LogP contribution in [0.25, 0.3) is 0 Å². The molecule has 0 aliphatic carbocycles. The van der Waals surface area contributed by atoms with Gasteiger partial charge in [-0.2, -0.15) is 0 Å². The lowest BCUT2D eigenvalue weighted by molar-refractivity contribution is -0.118. The molecule has 1 fully saturated rings. The fraction of sp³-hybridized carbons (Fsp3) is 0.400. The Labute approximate surface area is 119 Å². The van der Waals surface area contributed by atoms with Crippen LogP contribution in [-0.2, 0) is 4.79 Å². The molecule has 3 nitrogen and oxygen atoms in total. The first-order valence-electron chi connectivity index (χ1n) is 6.57. The van der Waals surface area contributed by atoms with Crippen LogP contribution in [0.4, 0.5) is 0 Å². The van der Waals surface area contributed by atoms with Crippen LogP contribution >= 0.6 is 11.6 Å². The Hall–Kier alpha value is -1.32. The molecule has 1 aliphatic heterocycles. The first-order valence-corrected chi connectivity index (χ1v) is 6.95. The number of halogens is 1. The van der Waals surface area contributed by atoms with Gasteiger partial charge in [0, 0.05) is 23.7 Å². The maximum absolute atomic E-state index is 12.2. The van der Waals surface area contributed by atoms with E-state index in [0.717, 1.165) is 30.6 Å². The Morgan fingerprint density at radius 3 is 2.47 bits per heavy atom. The van der Waals surface area contributed by atoms with Crippen molar-refractivity contribution in [2.24, 2.45) is 0 Å². The number of amides is 1. The molecule has 0 aromatic heterocycles. The van der Waals surface area contributed by atoms with Crippen molar-refractivity contribution in [3.63, 3.8) is 0 Å². The summed E-state index contributed by atoms with van der Waals surface area (Å²) in [5.74, 6) is 0.0262. The molecule has 0 saturated carbocycles. The summed E-state index contributed by atoms with van der Waals surface area (Å²) in [6.07, 6.45) is 0.855. The van der Waals surface area contributed by atoms with Gasteiger partial charge in [-0.25, -0.2) is 0 Å².